The van der Waals surface area contributed by atoms with Gasteiger partial charge >= 0.3 is 34.8 Å². The molecule has 3 heteroatoms. The number of rotatable bonds is 0. The minimum absolute atomic E-state index is 0.556. The van der Waals surface area contributed by atoms with E-state index in [-0.39, 0.29) is 0 Å². The Bertz CT molecular complexity index is 78.4. The molecular formula is C5H6Cl2Ir. The topological polar surface area (TPSA) is 0 Å². The van der Waals surface area contributed by atoms with Crippen molar-refractivity contribution in [2.75, 3.05) is 0 Å². The van der Waals surface area contributed by atoms with Crippen LogP contribution < -0.4 is 0 Å². The van der Waals surface area contributed by atoms with Crippen molar-refractivity contribution in [3.8, 4) is 0 Å². The Kier molecular flexibility index (Phi) is 8.39. The zero-order valence-corrected chi connectivity index (χ0v) is 8.01. The van der Waals surface area contributed by atoms with E-state index in [1.807, 2.05) is 0 Å². The van der Waals surface area contributed by atoms with Gasteiger partial charge in [0, 0.05) is 0 Å². The van der Waals surface area contributed by atoms with Gasteiger partial charge in [-0.15, -0.1) is 0 Å². The van der Waals surface area contributed by atoms with E-state index >= 15 is 0 Å². The van der Waals surface area contributed by atoms with Gasteiger partial charge in [0.2, 0.25) is 0 Å². The Morgan fingerprint density at radius 1 is 1.12 bits per heavy atom. The van der Waals surface area contributed by atoms with Crippen LogP contribution in [0.5, 0.6) is 0 Å². The zero-order chi connectivity index (χ0) is 6.24. The molecule has 0 aliphatic heterocycles. The molecular weight excluding hydrogens is 323 g/mol. The molecule has 8 heavy (non-hydrogen) atoms. The first-order valence-corrected chi connectivity index (χ1v) is 8.00. The number of halogens is 2. The van der Waals surface area contributed by atoms with Gasteiger partial charge in [0.15, 0.2) is 0 Å². The summed E-state index contributed by atoms with van der Waals surface area (Å²) < 4.78 is 0. The molecule has 0 amide bonds. The SMILES string of the molecule is C1=CCC=C1.[Cl][Ir][Cl]. The van der Waals surface area contributed by atoms with Gasteiger partial charge in [-0.05, 0) is 6.42 Å². The van der Waals surface area contributed by atoms with Gasteiger partial charge in [-0.2, -0.15) is 0 Å². The van der Waals surface area contributed by atoms with E-state index in [1.54, 1.807) is 0 Å². The molecule has 0 atom stereocenters. The molecule has 0 bridgehead atoms. The van der Waals surface area contributed by atoms with Crippen LogP contribution in [0, 0.1) is 0 Å². The van der Waals surface area contributed by atoms with Crippen molar-refractivity contribution in [2.45, 2.75) is 6.42 Å². The summed E-state index contributed by atoms with van der Waals surface area (Å²) in [6, 6.07) is 0. The second-order valence-corrected chi connectivity index (χ2v) is 4.60. The molecule has 0 N–H and O–H groups in total. The summed E-state index contributed by atoms with van der Waals surface area (Å²) in [5, 5.41) is 0. The third-order valence-electron chi connectivity index (χ3n) is 0.655. The van der Waals surface area contributed by atoms with Crippen molar-refractivity contribution < 1.29 is 15.7 Å². The van der Waals surface area contributed by atoms with E-state index < -0.39 is 15.7 Å². The van der Waals surface area contributed by atoms with Crippen LogP contribution in [-0.2, 0) is 15.7 Å². The van der Waals surface area contributed by atoms with Gasteiger partial charge in [0.05, 0.1) is 0 Å². The molecule has 0 fully saturated rings. The fraction of sp³-hybridized carbons (Fsp3) is 0.200. The van der Waals surface area contributed by atoms with Gasteiger partial charge < -0.3 is 0 Å². The van der Waals surface area contributed by atoms with E-state index in [2.05, 4.69) is 24.3 Å². The first-order valence-electron chi connectivity index (χ1n) is 2.07. The standard InChI is InChI=1S/C5H6.2ClH.Ir/c1-2-4-5-3-1;;;/h1-4H,5H2;2*1H;/q;;;+2/p-2. The predicted molar refractivity (Wildman–Crippen MR) is 34.6 cm³/mol. The minimum atomic E-state index is -0.556. The van der Waals surface area contributed by atoms with E-state index in [0.717, 1.165) is 6.42 Å². The molecule has 0 aromatic carbocycles. The third kappa shape index (κ3) is 6.71. The Morgan fingerprint density at radius 2 is 1.50 bits per heavy atom. The van der Waals surface area contributed by atoms with Gasteiger partial charge in [-0.25, -0.2) is 0 Å². The molecule has 0 nitrogen and oxygen atoms in total. The van der Waals surface area contributed by atoms with Gasteiger partial charge in [-0.1, -0.05) is 24.3 Å². The Labute approximate surface area is 65.5 Å². The number of hydrogen-bond acceptors (Lipinski definition) is 0. The Balaban J connectivity index is 0.000000145. The summed E-state index contributed by atoms with van der Waals surface area (Å²) in [6.07, 6.45) is 9.50. The average molecular weight is 329 g/mol. The van der Waals surface area contributed by atoms with Crippen LogP contribution >= 0.6 is 19.2 Å². The summed E-state index contributed by atoms with van der Waals surface area (Å²) >= 11 is -0.556. The van der Waals surface area contributed by atoms with E-state index in [0.29, 0.717) is 0 Å². The van der Waals surface area contributed by atoms with E-state index in [4.69, 9.17) is 19.2 Å². The average Bonchev–Trinajstić information content (AvgIpc) is 2.17. The van der Waals surface area contributed by atoms with E-state index in [9.17, 15) is 0 Å². The zero-order valence-electron chi connectivity index (χ0n) is 4.11. The first-order chi connectivity index (χ1) is 3.91. The van der Waals surface area contributed by atoms with Gasteiger partial charge in [0.1, 0.15) is 0 Å². The summed E-state index contributed by atoms with van der Waals surface area (Å²) in [5.41, 5.74) is 0. The molecule has 0 saturated carbocycles. The second kappa shape index (κ2) is 7.71. The Morgan fingerprint density at radius 3 is 1.62 bits per heavy atom. The normalized spacial score (nSPS) is 13.8. The molecule has 0 aromatic heterocycles. The fourth-order valence-corrected chi connectivity index (χ4v) is 0.393. The summed E-state index contributed by atoms with van der Waals surface area (Å²) in [4.78, 5) is 0. The third-order valence-corrected chi connectivity index (χ3v) is 0.655. The summed E-state index contributed by atoms with van der Waals surface area (Å²) in [5.74, 6) is 0. The summed E-state index contributed by atoms with van der Waals surface area (Å²) in [7, 11) is 9.78. The molecule has 0 radical (unpaired) electrons. The molecule has 1 rings (SSSR count). The predicted octanol–water partition coefficient (Wildman–Crippen LogP) is 2.88. The molecule has 49 valence electrons. The van der Waals surface area contributed by atoms with Crippen molar-refractivity contribution in [2.24, 2.45) is 0 Å². The van der Waals surface area contributed by atoms with Crippen molar-refractivity contribution in [1.82, 2.24) is 0 Å². The molecule has 1 aliphatic rings. The maximum atomic E-state index is 4.89. The van der Waals surface area contributed by atoms with Crippen molar-refractivity contribution in [3.63, 3.8) is 0 Å². The molecule has 0 spiro atoms. The van der Waals surface area contributed by atoms with Gasteiger partial charge in [0.25, 0.3) is 0 Å². The van der Waals surface area contributed by atoms with E-state index in [1.165, 1.54) is 0 Å². The van der Waals surface area contributed by atoms with Crippen LogP contribution in [0.15, 0.2) is 24.3 Å². The molecule has 0 heterocycles. The van der Waals surface area contributed by atoms with Crippen molar-refractivity contribution >= 4 is 19.2 Å². The van der Waals surface area contributed by atoms with Crippen LogP contribution in [0.1, 0.15) is 6.42 Å². The quantitative estimate of drug-likeness (QED) is 0.641. The number of allylic oxidation sites excluding steroid dienone is 4. The van der Waals surface area contributed by atoms with Crippen LogP contribution in [0.2, 0.25) is 0 Å². The van der Waals surface area contributed by atoms with Crippen LogP contribution in [-0.4, -0.2) is 0 Å². The summed E-state index contributed by atoms with van der Waals surface area (Å²) in [6.45, 7) is 0. The number of hydrogen-bond donors (Lipinski definition) is 0. The molecule has 0 aromatic rings. The van der Waals surface area contributed by atoms with Crippen LogP contribution in [0.4, 0.5) is 0 Å². The maximum absolute atomic E-state index is 4.89. The Hall–Kier alpha value is 0.709. The molecule has 0 saturated heterocycles. The van der Waals surface area contributed by atoms with Crippen molar-refractivity contribution in [1.29, 1.82) is 0 Å². The fourth-order valence-electron chi connectivity index (χ4n) is 0.393. The first kappa shape index (κ1) is 8.71. The van der Waals surface area contributed by atoms with Crippen molar-refractivity contribution in [3.05, 3.63) is 24.3 Å². The monoisotopic (exact) mass is 329 g/mol. The van der Waals surface area contributed by atoms with Gasteiger partial charge in [-0.3, -0.25) is 0 Å². The second-order valence-electron chi connectivity index (χ2n) is 1.14. The molecule has 1 aliphatic carbocycles. The van der Waals surface area contributed by atoms with Crippen LogP contribution in [0.25, 0.3) is 0 Å². The molecule has 0 unspecified atom stereocenters. The van der Waals surface area contributed by atoms with Crippen LogP contribution in [0.3, 0.4) is 0 Å².